The zero-order chi connectivity index (χ0) is 12.4. The van der Waals surface area contributed by atoms with E-state index in [4.69, 9.17) is 0 Å². The Labute approximate surface area is 93.4 Å². The van der Waals surface area contributed by atoms with Crippen molar-refractivity contribution in [3.8, 4) is 11.3 Å². The van der Waals surface area contributed by atoms with Crippen molar-refractivity contribution in [2.45, 2.75) is 6.43 Å². The van der Waals surface area contributed by atoms with Crippen LogP contribution in [0.4, 0.5) is 14.5 Å². The molecule has 0 fully saturated rings. The van der Waals surface area contributed by atoms with Crippen molar-refractivity contribution in [1.29, 1.82) is 0 Å². The van der Waals surface area contributed by atoms with Crippen molar-refractivity contribution in [2.75, 3.05) is 0 Å². The van der Waals surface area contributed by atoms with Gasteiger partial charge in [0.1, 0.15) is 5.69 Å². The lowest BCUT2D eigenvalue weighted by Crippen LogP contribution is -1.97. The van der Waals surface area contributed by atoms with Crippen LogP contribution in [0.15, 0.2) is 24.4 Å². The molecule has 0 spiro atoms. The molecule has 1 aromatic heterocycles. The van der Waals surface area contributed by atoms with E-state index in [1.807, 2.05) is 0 Å². The SMILES string of the molecule is O=[N+]([O-])c1cccc(C(F)F)c1-c1cn[nH]n1. The number of alkyl halides is 2. The molecular formula is C9H6F2N4O2. The van der Waals surface area contributed by atoms with Crippen LogP contribution in [-0.4, -0.2) is 20.3 Å². The summed E-state index contributed by atoms with van der Waals surface area (Å²) in [6.45, 7) is 0. The lowest BCUT2D eigenvalue weighted by molar-refractivity contribution is -0.384. The molecule has 1 heterocycles. The van der Waals surface area contributed by atoms with Gasteiger partial charge in [0, 0.05) is 11.6 Å². The van der Waals surface area contributed by atoms with Gasteiger partial charge in [0.25, 0.3) is 12.1 Å². The van der Waals surface area contributed by atoms with E-state index in [2.05, 4.69) is 15.4 Å². The van der Waals surface area contributed by atoms with Gasteiger partial charge in [-0.05, 0) is 0 Å². The van der Waals surface area contributed by atoms with Crippen molar-refractivity contribution in [2.24, 2.45) is 0 Å². The van der Waals surface area contributed by atoms with Gasteiger partial charge >= 0.3 is 0 Å². The van der Waals surface area contributed by atoms with Crippen LogP contribution in [0.3, 0.4) is 0 Å². The Kier molecular flexibility index (Phi) is 2.77. The van der Waals surface area contributed by atoms with E-state index in [9.17, 15) is 18.9 Å². The zero-order valence-electron chi connectivity index (χ0n) is 8.30. The van der Waals surface area contributed by atoms with Gasteiger partial charge in [-0.1, -0.05) is 12.1 Å². The number of nitrogens with zero attached hydrogens (tertiary/aromatic N) is 3. The first-order chi connectivity index (χ1) is 8.11. The summed E-state index contributed by atoms with van der Waals surface area (Å²) < 4.78 is 25.6. The van der Waals surface area contributed by atoms with Gasteiger partial charge in [0.15, 0.2) is 0 Å². The predicted octanol–water partition coefficient (Wildman–Crippen LogP) is 2.32. The summed E-state index contributed by atoms with van der Waals surface area (Å²) >= 11 is 0. The Bertz CT molecular complexity index is 542. The quantitative estimate of drug-likeness (QED) is 0.659. The van der Waals surface area contributed by atoms with Crippen LogP contribution in [0.25, 0.3) is 11.3 Å². The van der Waals surface area contributed by atoms with Gasteiger partial charge in [-0.25, -0.2) is 8.78 Å². The average Bonchev–Trinajstić information content (AvgIpc) is 2.80. The van der Waals surface area contributed by atoms with Crippen molar-refractivity contribution in [1.82, 2.24) is 15.4 Å². The van der Waals surface area contributed by atoms with Crippen LogP contribution in [0.1, 0.15) is 12.0 Å². The topological polar surface area (TPSA) is 84.7 Å². The van der Waals surface area contributed by atoms with Gasteiger partial charge < -0.3 is 0 Å². The molecule has 2 aromatic rings. The van der Waals surface area contributed by atoms with E-state index < -0.39 is 22.6 Å². The molecule has 0 aliphatic rings. The summed E-state index contributed by atoms with van der Waals surface area (Å²) in [5.41, 5.74) is -1.04. The molecule has 8 heteroatoms. The van der Waals surface area contributed by atoms with Gasteiger partial charge in [0.2, 0.25) is 0 Å². The number of nitro groups is 1. The number of nitrogens with one attached hydrogen (secondary N) is 1. The number of aromatic amines is 1. The Morgan fingerprint density at radius 2 is 2.18 bits per heavy atom. The molecule has 0 aliphatic carbocycles. The first kappa shape index (κ1) is 11.1. The molecular weight excluding hydrogens is 234 g/mol. The first-order valence-electron chi connectivity index (χ1n) is 4.53. The van der Waals surface area contributed by atoms with E-state index in [1.165, 1.54) is 6.07 Å². The lowest BCUT2D eigenvalue weighted by Gasteiger charge is -2.06. The summed E-state index contributed by atoms with van der Waals surface area (Å²) in [5.74, 6) is 0. The number of nitro benzene ring substituents is 1. The van der Waals surface area contributed by atoms with E-state index in [0.717, 1.165) is 18.3 Å². The summed E-state index contributed by atoms with van der Waals surface area (Å²) in [7, 11) is 0. The third-order valence-electron chi connectivity index (χ3n) is 2.18. The van der Waals surface area contributed by atoms with Crippen molar-refractivity contribution >= 4 is 5.69 Å². The highest BCUT2D eigenvalue weighted by molar-refractivity contribution is 5.73. The number of halogens is 2. The first-order valence-corrected chi connectivity index (χ1v) is 4.53. The smallest absolute Gasteiger partial charge is 0.258 e. The fraction of sp³-hybridized carbons (Fsp3) is 0.111. The molecule has 0 saturated heterocycles. The molecule has 0 unspecified atom stereocenters. The van der Waals surface area contributed by atoms with Gasteiger partial charge in [-0.3, -0.25) is 10.1 Å². The zero-order valence-corrected chi connectivity index (χ0v) is 8.30. The maximum absolute atomic E-state index is 12.8. The largest absolute Gasteiger partial charge is 0.279 e. The van der Waals surface area contributed by atoms with Gasteiger partial charge in [0.05, 0.1) is 16.7 Å². The van der Waals surface area contributed by atoms with E-state index in [-0.39, 0.29) is 11.3 Å². The molecule has 2 rings (SSSR count). The molecule has 0 atom stereocenters. The van der Waals surface area contributed by atoms with E-state index in [1.54, 1.807) is 0 Å². The molecule has 0 amide bonds. The highest BCUT2D eigenvalue weighted by Gasteiger charge is 2.25. The molecule has 6 nitrogen and oxygen atoms in total. The summed E-state index contributed by atoms with van der Waals surface area (Å²) in [6, 6.07) is 3.49. The molecule has 17 heavy (non-hydrogen) atoms. The molecule has 0 bridgehead atoms. The van der Waals surface area contributed by atoms with Crippen LogP contribution >= 0.6 is 0 Å². The highest BCUT2D eigenvalue weighted by atomic mass is 19.3. The Morgan fingerprint density at radius 1 is 1.41 bits per heavy atom. The number of hydrogen-bond acceptors (Lipinski definition) is 4. The second-order valence-corrected chi connectivity index (χ2v) is 3.15. The average molecular weight is 240 g/mol. The third-order valence-corrected chi connectivity index (χ3v) is 2.18. The third kappa shape index (κ3) is 1.96. The van der Waals surface area contributed by atoms with Crippen LogP contribution in [0.5, 0.6) is 0 Å². The molecule has 0 radical (unpaired) electrons. The summed E-state index contributed by atoms with van der Waals surface area (Å²) in [5, 5.41) is 20.1. The molecule has 0 aliphatic heterocycles. The Morgan fingerprint density at radius 3 is 2.71 bits per heavy atom. The summed E-state index contributed by atoms with van der Waals surface area (Å²) in [4.78, 5) is 10.1. The maximum Gasteiger partial charge on any atom is 0.279 e. The molecule has 1 N–H and O–H groups in total. The van der Waals surface area contributed by atoms with Crippen LogP contribution in [0.2, 0.25) is 0 Å². The Balaban J connectivity index is 2.71. The second-order valence-electron chi connectivity index (χ2n) is 3.15. The second kappa shape index (κ2) is 4.24. The predicted molar refractivity (Wildman–Crippen MR) is 53.4 cm³/mol. The number of H-pyrrole nitrogens is 1. The standard InChI is InChI=1S/C9H6F2N4O2/c10-9(11)5-2-1-3-7(15(16)17)8(5)6-4-12-14-13-6/h1-4,9H,(H,12,13,14). The van der Waals surface area contributed by atoms with Crippen molar-refractivity contribution < 1.29 is 13.7 Å². The number of benzene rings is 1. The lowest BCUT2D eigenvalue weighted by atomic mass is 10.0. The fourth-order valence-electron chi connectivity index (χ4n) is 1.49. The van der Waals surface area contributed by atoms with Crippen LogP contribution in [0, 0.1) is 10.1 Å². The van der Waals surface area contributed by atoms with E-state index >= 15 is 0 Å². The normalized spacial score (nSPS) is 10.8. The van der Waals surface area contributed by atoms with E-state index in [0.29, 0.717) is 0 Å². The molecule has 1 aromatic carbocycles. The maximum atomic E-state index is 12.8. The summed E-state index contributed by atoms with van der Waals surface area (Å²) in [6.07, 6.45) is -1.66. The minimum absolute atomic E-state index is 0.0209. The molecule has 0 saturated carbocycles. The van der Waals surface area contributed by atoms with Crippen molar-refractivity contribution in [3.63, 3.8) is 0 Å². The Hall–Kier alpha value is -2.38. The van der Waals surface area contributed by atoms with Crippen LogP contribution in [-0.2, 0) is 0 Å². The number of aromatic nitrogens is 3. The van der Waals surface area contributed by atoms with Crippen molar-refractivity contribution in [3.05, 3.63) is 40.1 Å². The van der Waals surface area contributed by atoms with Crippen LogP contribution < -0.4 is 0 Å². The fourth-order valence-corrected chi connectivity index (χ4v) is 1.49. The minimum atomic E-state index is -2.82. The monoisotopic (exact) mass is 240 g/mol. The minimum Gasteiger partial charge on any atom is -0.258 e. The van der Waals surface area contributed by atoms with Gasteiger partial charge in [-0.15, -0.1) is 0 Å². The number of rotatable bonds is 3. The number of hydrogen-bond donors (Lipinski definition) is 1. The van der Waals surface area contributed by atoms with Gasteiger partial charge in [-0.2, -0.15) is 15.4 Å². The highest BCUT2D eigenvalue weighted by Crippen LogP contribution is 2.36. The molecule has 88 valence electrons.